The van der Waals surface area contributed by atoms with Crippen LogP contribution in [-0.4, -0.2) is 15.1 Å². The normalized spacial score (nSPS) is 10.7. The van der Waals surface area contributed by atoms with Gasteiger partial charge in [-0.3, -0.25) is 15.2 Å². The lowest BCUT2D eigenvalue weighted by Gasteiger charge is -2.06. The van der Waals surface area contributed by atoms with Crippen LogP contribution in [-0.2, 0) is 0 Å². The van der Waals surface area contributed by atoms with Gasteiger partial charge in [0.15, 0.2) is 0 Å². The van der Waals surface area contributed by atoms with Crippen LogP contribution in [0.15, 0.2) is 42.6 Å². The molecule has 0 spiro atoms. The van der Waals surface area contributed by atoms with Crippen LogP contribution < -0.4 is 4.74 Å². The van der Waals surface area contributed by atoms with Crippen molar-refractivity contribution in [2.24, 2.45) is 0 Å². The Labute approximate surface area is 114 Å². The molecule has 20 heavy (non-hydrogen) atoms. The van der Waals surface area contributed by atoms with Crippen molar-refractivity contribution in [1.82, 2.24) is 10.2 Å². The minimum atomic E-state index is -0.407. The summed E-state index contributed by atoms with van der Waals surface area (Å²) in [6, 6.07) is 10.2. The molecule has 100 valence electrons. The Morgan fingerprint density at radius 2 is 1.95 bits per heavy atom. The van der Waals surface area contributed by atoms with Gasteiger partial charge in [-0.15, -0.1) is 0 Å². The second-order valence-corrected chi connectivity index (χ2v) is 4.43. The third kappa shape index (κ3) is 2.18. The molecule has 2 aromatic carbocycles. The highest BCUT2D eigenvalue weighted by Crippen LogP contribution is 2.28. The molecule has 3 aromatic rings. The van der Waals surface area contributed by atoms with Gasteiger partial charge in [0.25, 0.3) is 5.69 Å². The molecule has 1 N–H and O–H groups in total. The van der Waals surface area contributed by atoms with Gasteiger partial charge < -0.3 is 4.74 Å². The third-order valence-corrected chi connectivity index (χ3v) is 3.01. The van der Waals surface area contributed by atoms with Crippen LogP contribution in [0.1, 0.15) is 5.56 Å². The first-order valence-electron chi connectivity index (χ1n) is 5.99. The lowest BCUT2D eigenvalue weighted by molar-refractivity contribution is -0.385. The van der Waals surface area contributed by atoms with Crippen molar-refractivity contribution in [3.8, 4) is 11.5 Å². The highest BCUT2D eigenvalue weighted by molar-refractivity contribution is 5.79. The number of aryl methyl sites for hydroxylation is 1. The average Bonchev–Trinajstić information content (AvgIpc) is 2.85. The number of nitrogens with one attached hydrogen (secondary N) is 1. The second kappa shape index (κ2) is 4.65. The summed E-state index contributed by atoms with van der Waals surface area (Å²) in [4.78, 5) is 10.4. The van der Waals surface area contributed by atoms with Crippen molar-refractivity contribution < 1.29 is 9.66 Å². The van der Waals surface area contributed by atoms with Crippen LogP contribution in [0.25, 0.3) is 10.9 Å². The van der Waals surface area contributed by atoms with Gasteiger partial charge in [0, 0.05) is 23.1 Å². The van der Waals surface area contributed by atoms with Crippen molar-refractivity contribution in [2.45, 2.75) is 6.92 Å². The van der Waals surface area contributed by atoms with Gasteiger partial charge in [0.2, 0.25) is 0 Å². The lowest BCUT2D eigenvalue weighted by Crippen LogP contribution is -1.92. The minimum Gasteiger partial charge on any atom is -0.457 e. The molecule has 0 amide bonds. The molecule has 0 saturated carbocycles. The van der Waals surface area contributed by atoms with E-state index in [0.717, 1.165) is 10.9 Å². The molecule has 3 rings (SSSR count). The quantitative estimate of drug-likeness (QED) is 0.582. The SMILES string of the molecule is Cc1cc(Oc2ccc3cn[nH]c3c2)ccc1[N+](=O)[O-]. The summed E-state index contributed by atoms with van der Waals surface area (Å²) in [6.07, 6.45) is 1.73. The Morgan fingerprint density at radius 3 is 2.70 bits per heavy atom. The number of aromatic amines is 1. The molecule has 1 heterocycles. The van der Waals surface area contributed by atoms with E-state index in [0.29, 0.717) is 17.1 Å². The minimum absolute atomic E-state index is 0.0846. The number of nitro groups is 1. The molecule has 0 fully saturated rings. The molecule has 0 aliphatic rings. The summed E-state index contributed by atoms with van der Waals surface area (Å²) < 4.78 is 5.70. The second-order valence-electron chi connectivity index (χ2n) is 4.43. The third-order valence-electron chi connectivity index (χ3n) is 3.01. The molecular formula is C14H11N3O3. The monoisotopic (exact) mass is 269 g/mol. The summed E-state index contributed by atoms with van der Waals surface area (Å²) in [5.41, 5.74) is 1.53. The van der Waals surface area contributed by atoms with Crippen LogP contribution in [0.4, 0.5) is 5.69 Å². The van der Waals surface area contributed by atoms with Gasteiger partial charge in [-0.1, -0.05) is 0 Å². The Hall–Kier alpha value is -2.89. The standard InChI is InChI=1S/C14H11N3O3/c1-9-6-11(4-5-14(9)17(18)19)20-12-3-2-10-8-15-16-13(10)7-12/h2-8H,1H3,(H,15,16). The largest absolute Gasteiger partial charge is 0.457 e. The zero-order valence-corrected chi connectivity index (χ0v) is 10.7. The van der Waals surface area contributed by atoms with Gasteiger partial charge >= 0.3 is 0 Å². The van der Waals surface area contributed by atoms with E-state index in [9.17, 15) is 10.1 Å². The Kier molecular flexibility index (Phi) is 2.83. The molecule has 6 heteroatoms. The Balaban J connectivity index is 1.90. The number of hydrogen-bond acceptors (Lipinski definition) is 4. The summed E-state index contributed by atoms with van der Waals surface area (Å²) in [7, 11) is 0. The average molecular weight is 269 g/mol. The Bertz CT molecular complexity index is 795. The summed E-state index contributed by atoms with van der Waals surface area (Å²) >= 11 is 0. The summed E-state index contributed by atoms with van der Waals surface area (Å²) in [6.45, 7) is 1.68. The zero-order valence-electron chi connectivity index (χ0n) is 10.7. The number of nitro benzene ring substituents is 1. The fourth-order valence-electron chi connectivity index (χ4n) is 2.01. The van der Waals surface area contributed by atoms with Gasteiger partial charge in [-0.2, -0.15) is 5.10 Å². The van der Waals surface area contributed by atoms with Crippen LogP contribution in [0.5, 0.6) is 11.5 Å². The number of rotatable bonds is 3. The topological polar surface area (TPSA) is 81.0 Å². The number of ether oxygens (including phenoxy) is 1. The van der Waals surface area contributed by atoms with E-state index in [1.54, 1.807) is 25.3 Å². The van der Waals surface area contributed by atoms with Gasteiger partial charge in [-0.05, 0) is 31.2 Å². The van der Waals surface area contributed by atoms with Crippen LogP contribution >= 0.6 is 0 Å². The van der Waals surface area contributed by atoms with Crippen LogP contribution in [0.3, 0.4) is 0 Å². The number of aromatic nitrogens is 2. The molecule has 0 radical (unpaired) electrons. The molecule has 6 nitrogen and oxygen atoms in total. The molecular weight excluding hydrogens is 258 g/mol. The van der Waals surface area contributed by atoms with Crippen molar-refractivity contribution in [3.05, 3.63) is 58.3 Å². The van der Waals surface area contributed by atoms with E-state index in [1.165, 1.54) is 6.07 Å². The maximum atomic E-state index is 10.8. The van der Waals surface area contributed by atoms with E-state index < -0.39 is 4.92 Å². The van der Waals surface area contributed by atoms with Crippen molar-refractivity contribution >= 4 is 16.6 Å². The molecule has 0 atom stereocenters. The number of fused-ring (bicyclic) bond motifs is 1. The van der Waals surface area contributed by atoms with Crippen LogP contribution in [0, 0.1) is 17.0 Å². The predicted molar refractivity (Wildman–Crippen MR) is 74.0 cm³/mol. The van der Waals surface area contributed by atoms with Crippen LogP contribution in [0.2, 0.25) is 0 Å². The molecule has 0 aliphatic carbocycles. The molecule has 0 saturated heterocycles. The predicted octanol–water partition coefficient (Wildman–Crippen LogP) is 3.57. The highest BCUT2D eigenvalue weighted by atomic mass is 16.6. The van der Waals surface area contributed by atoms with Gasteiger partial charge in [0.1, 0.15) is 11.5 Å². The molecule has 0 aliphatic heterocycles. The Morgan fingerprint density at radius 1 is 1.20 bits per heavy atom. The van der Waals surface area contributed by atoms with Crippen molar-refractivity contribution in [2.75, 3.05) is 0 Å². The summed E-state index contributed by atoms with van der Waals surface area (Å²) in [5.74, 6) is 1.21. The fraction of sp³-hybridized carbons (Fsp3) is 0.0714. The van der Waals surface area contributed by atoms with Gasteiger partial charge in [-0.25, -0.2) is 0 Å². The van der Waals surface area contributed by atoms with E-state index in [2.05, 4.69) is 10.2 Å². The highest BCUT2D eigenvalue weighted by Gasteiger charge is 2.11. The lowest BCUT2D eigenvalue weighted by atomic mass is 10.2. The van der Waals surface area contributed by atoms with E-state index in [4.69, 9.17) is 4.74 Å². The molecule has 0 unspecified atom stereocenters. The van der Waals surface area contributed by atoms with Crippen molar-refractivity contribution in [3.63, 3.8) is 0 Å². The maximum absolute atomic E-state index is 10.8. The zero-order chi connectivity index (χ0) is 14.1. The first-order chi connectivity index (χ1) is 9.63. The maximum Gasteiger partial charge on any atom is 0.272 e. The molecule has 1 aromatic heterocycles. The fourth-order valence-corrected chi connectivity index (χ4v) is 2.01. The van der Waals surface area contributed by atoms with E-state index >= 15 is 0 Å². The molecule has 0 bridgehead atoms. The van der Waals surface area contributed by atoms with Crippen molar-refractivity contribution in [1.29, 1.82) is 0 Å². The first-order valence-corrected chi connectivity index (χ1v) is 5.99. The number of nitrogens with zero attached hydrogens (tertiary/aromatic N) is 2. The number of hydrogen-bond donors (Lipinski definition) is 1. The number of benzene rings is 2. The summed E-state index contributed by atoms with van der Waals surface area (Å²) in [5, 5.41) is 18.6. The van der Waals surface area contributed by atoms with E-state index in [-0.39, 0.29) is 5.69 Å². The van der Waals surface area contributed by atoms with E-state index in [1.807, 2.05) is 18.2 Å². The first kappa shape index (κ1) is 12.2. The van der Waals surface area contributed by atoms with Gasteiger partial charge in [0.05, 0.1) is 16.6 Å². The number of H-pyrrole nitrogens is 1. The smallest absolute Gasteiger partial charge is 0.272 e.